The van der Waals surface area contributed by atoms with Crippen molar-refractivity contribution in [3.8, 4) is 0 Å². The first-order valence-corrected chi connectivity index (χ1v) is 4.86. The number of nitrogens with one attached hydrogen (secondary N) is 1. The van der Waals surface area contributed by atoms with Crippen LogP contribution in [0.5, 0.6) is 0 Å². The van der Waals surface area contributed by atoms with Crippen LogP contribution in [0.25, 0.3) is 0 Å². The summed E-state index contributed by atoms with van der Waals surface area (Å²) in [4.78, 5) is 22.2. The number of rotatable bonds is 4. The molecule has 0 spiro atoms. The average Bonchev–Trinajstić information content (AvgIpc) is 2.27. The Balaban J connectivity index is 3.10. The molecule has 1 N–H and O–H groups in total. The minimum atomic E-state index is -0.853. The van der Waals surface area contributed by atoms with Gasteiger partial charge in [-0.05, 0) is 12.1 Å². The van der Waals surface area contributed by atoms with E-state index in [9.17, 15) is 18.4 Å². The molecule has 1 aromatic carbocycles. The Kier molecular flexibility index (Phi) is 4.14. The van der Waals surface area contributed by atoms with Gasteiger partial charge in [0.25, 0.3) is 0 Å². The van der Waals surface area contributed by atoms with Crippen LogP contribution in [0.1, 0.15) is 12.5 Å². The van der Waals surface area contributed by atoms with Crippen LogP contribution in [0.3, 0.4) is 0 Å². The molecular formula is C11H12F2N2O2. The number of hydrogen-bond donors (Lipinski definition) is 1. The fraction of sp³-hybridized carbons (Fsp3) is 0.273. The van der Waals surface area contributed by atoms with Crippen molar-refractivity contribution in [1.29, 1.82) is 0 Å². The van der Waals surface area contributed by atoms with E-state index in [-0.39, 0.29) is 17.8 Å². The maximum absolute atomic E-state index is 13.8. The van der Waals surface area contributed by atoms with Gasteiger partial charge in [0, 0.05) is 26.1 Å². The van der Waals surface area contributed by atoms with Crippen LogP contribution >= 0.6 is 0 Å². The van der Waals surface area contributed by atoms with Gasteiger partial charge in [0.05, 0.1) is 5.69 Å². The van der Waals surface area contributed by atoms with Gasteiger partial charge in [0.15, 0.2) is 5.82 Å². The maximum Gasteiger partial charge on any atom is 0.217 e. The first-order valence-electron chi connectivity index (χ1n) is 4.86. The predicted octanol–water partition coefficient (Wildman–Crippen LogP) is 1.19. The van der Waals surface area contributed by atoms with Crippen molar-refractivity contribution in [2.75, 3.05) is 11.9 Å². The molecule has 1 rings (SSSR count). The smallest absolute Gasteiger partial charge is 0.217 e. The Morgan fingerprint density at radius 2 is 2.12 bits per heavy atom. The fourth-order valence-corrected chi connectivity index (χ4v) is 1.29. The molecule has 17 heavy (non-hydrogen) atoms. The Morgan fingerprint density at radius 1 is 1.47 bits per heavy atom. The van der Waals surface area contributed by atoms with E-state index in [0.717, 1.165) is 17.0 Å². The molecule has 2 amide bonds. The van der Waals surface area contributed by atoms with Crippen molar-refractivity contribution in [3.63, 3.8) is 0 Å². The van der Waals surface area contributed by atoms with Crippen LogP contribution in [0, 0.1) is 11.6 Å². The van der Waals surface area contributed by atoms with E-state index in [4.69, 9.17) is 0 Å². The Bertz CT molecular complexity index is 449. The van der Waals surface area contributed by atoms with E-state index < -0.39 is 17.5 Å². The first kappa shape index (κ1) is 13.1. The molecule has 0 saturated heterocycles. The zero-order valence-corrected chi connectivity index (χ0v) is 9.46. The zero-order chi connectivity index (χ0) is 13.0. The summed E-state index contributed by atoms with van der Waals surface area (Å²) in [7, 11) is 1.35. The molecule has 0 atom stereocenters. The summed E-state index contributed by atoms with van der Waals surface area (Å²) in [5, 5.41) is 2.30. The highest BCUT2D eigenvalue weighted by Crippen LogP contribution is 2.23. The van der Waals surface area contributed by atoms with Gasteiger partial charge in [-0.1, -0.05) is 0 Å². The highest BCUT2D eigenvalue weighted by atomic mass is 19.1. The summed E-state index contributed by atoms with van der Waals surface area (Å²) >= 11 is 0. The molecule has 0 heterocycles. The molecule has 0 aliphatic heterocycles. The van der Waals surface area contributed by atoms with E-state index in [0.29, 0.717) is 6.41 Å². The van der Waals surface area contributed by atoms with E-state index in [1.807, 2.05) is 0 Å². The second-order valence-electron chi connectivity index (χ2n) is 3.49. The van der Waals surface area contributed by atoms with Gasteiger partial charge in [0.2, 0.25) is 12.3 Å². The average molecular weight is 242 g/mol. The van der Waals surface area contributed by atoms with Crippen LogP contribution in [0.4, 0.5) is 14.5 Å². The Labute approximate surface area is 97.2 Å². The highest BCUT2D eigenvalue weighted by molar-refractivity contribution is 5.75. The lowest BCUT2D eigenvalue weighted by molar-refractivity contribution is -0.119. The van der Waals surface area contributed by atoms with Gasteiger partial charge < -0.3 is 10.2 Å². The molecule has 1 aromatic rings. The largest absolute Gasteiger partial charge is 0.352 e. The van der Waals surface area contributed by atoms with Gasteiger partial charge in [-0.2, -0.15) is 0 Å². The number of anilines is 1. The molecule has 0 unspecified atom stereocenters. The molecule has 0 aliphatic carbocycles. The predicted molar refractivity (Wildman–Crippen MR) is 58.3 cm³/mol. The van der Waals surface area contributed by atoms with E-state index >= 15 is 0 Å². The van der Waals surface area contributed by atoms with Crippen molar-refractivity contribution in [1.82, 2.24) is 5.32 Å². The number of carbonyl (C=O) groups is 2. The minimum absolute atomic E-state index is 0.0400. The SMILES string of the molecule is CC(=O)NCc1c(F)ccc(N(C)C=O)c1F. The van der Waals surface area contributed by atoms with Crippen molar-refractivity contribution in [2.24, 2.45) is 0 Å². The third-order valence-corrected chi connectivity index (χ3v) is 2.22. The van der Waals surface area contributed by atoms with E-state index in [2.05, 4.69) is 5.32 Å². The van der Waals surface area contributed by atoms with Gasteiger partial charge in [-0.25, -0.2) is 8.78 Å². The number of carbonyl (C=O) groups excluding carboxylic acids is 2. The fourth-order valence-electron chi connectivity index (χ4n) is 1.29. The van der Waals surface area contributed by atoms with Gasteiger partial charge >= 0.3 is 0 Å². The number of nitrogens with zero attached hydrogens (tertiary/aromatic N) is 1. The van der Waals surface area contributed by atoms with Gasteiger partial charge in [-0.3, -0.25) is 9.59 Å². The summed E-state index contributed by atoms with van der Waals surface area (Å²) in [6, 6.07) is 2.21. The quantitative estimate of drug-likeness (QED) is 0.806. The monoisotopic (exact) mass is 242 g/mol. The third-order valence-electron chi connectivity index (χ3n) is 2.22. The summed E-state index contributed by atoms with van der Waals surface area (Å²) in [5.41, 5.74) is -0.312. The number of benzene rings is 1. The molecule has 0 fully saturated rings. The maximum atomic E-state index is 13.8. The lowest BCUT2D eigenvalue weighted by Crippen LogP contribution is -2.22. The standard InChI is InChI=1S/C11H12F2N2O2/c1-7(17)14-5-8-9(12)3-4-10(11(8)13)15(2)6-16/h3-4,6H,5H2,1-2H3,(H,14,17). The summed E-state index contributed by atoms with van der Waals surface area (Å²) in [6.45, 7) is 0.991. The lowest BCUT2D eigenvalue weighted by atomic mass is 10.1. The van der Waals surface area contributed by atoms with E-state index in [1.54, 1.807) is 0 Å². The van der Waals surface area contributed by atoms with Crippen LogP contribution in [-0.4, -0.2) is 19.4 Å². The third kappa shape index (κ3) is 2.99. The summed E-state index contributed by atoms with van der Waals surface area (Å²) in [6.07, 6.45) is 0.415. The molecule has 0 bridgehead atoms. The lowest BCUT2D eigenvalue weighted by Gasteiger charge is -2.15. The van der Waals surface area contributed by atoms with Crippen LogP contribution in [-0.2, 0) is 16.1 Å². The molecule has 0 radical (unpaired) electrons. The Morgan fingerprint density at radius 3 is 2.65 bits per heavy atom. The number of amides is 2. The van der Waals surface area contributed by atoms with Crippen molar-refractivity contribution in [3.05, 3.63) is 29.3 Å². The molecule has 92 valence electrons. The van der Waals surface area contributed by atoms with E-state index in [1.165, 1.54) is 14.0 Å². The van der Waals surface area contributed by atoms with Crippen molar-refractivity contribution < 1.29 is 18.4 Å². The van der Waals surface area contributed by atoms with Crippen molar-refractivity contribution >= 4 is 18.0 Å². The molecular weight excluding hydrogens is 230 g/mol. The van der Waals surface area contributed by atoms with Gasteiger partial charge in [0.1, 0.15) is 5.82 Å². The summed E-state index contributed by atoms with van der Waals surface area (Å²) < 4.78 is 27.2. The zero-order valence-electron chi connectivity index (χ0n) is 9.46. The van der Waals surface area contributed by atoms with Crippen LogP contribution in [0.2, 0.25) is 0 Å². The second kappa shape index (κ2) is 5.38. The summed E-state index contributed by atoms with van der Waals surface area (Å²) in [5.74, 6) is -2.01. The molecule has 0 saturated carbocycles. The second-order valence-corrected chi connectivity index (χ2v) is 3.49. The van der Waals surface area contributed by atoms with Crippen LogP contribution in [0.15, 0.2) is 12.1 Å². The Hall–Kier alpha value is -1.98. The molecule has 0 aliphatic rings. The molecule has 0 aromatic heterocycles. The van der Waals surface area contributed by atoms with Crippen molar-refractivity contribution in [2.45, 2.75) is 13.5 Å². The normalized spacial score (nSPS) is 9.88. The topological polar surface area (TPSA) is 49.4 Å². The number of halogens is 2. The highest BCUT2D eigenvalue weighted by Gasteiger charge is 2.16. The van der Waals surface area contributed by atoms with Crippen LogP contribution < -0.4 is 10.2 Å². The number of hydrogen-bond acceptors (Lipinski definition) is 2. The minimum Gasteiger partial charge on any atom is -0.352 e. The first-order chi connectivity index (χ1) is 7.97. The molecule has 6 heteroatoms. The molecule has 4 nitrogen and oxygen atoms in total. The van der Waals surface area contributed by atoms with Gasteiger partial charge in [-0.15, -0.1) is 0 Å².